The first-order chi connectivity index (χ1) is 14.3. The molecule has 5 heteroatoms. The Morgan fingerprint density at radius 1 is 0.966 bits per heavy atom. The molecule has 3 aliphatic rings. The van der Waals surface area contributed by atoms with Gasteiger partial charge in [-0.25, -0.2) is 0 Å². The zero-order chi connectivity index (χ0) is 19.7. The van der Waals surface area contributed by atoms with Gasteiger partial charge in [-0.1, -0.05) is 49.6 Å². The normalized spacial score (nSPS) is 23.7. The van der Waals surface area contributed by atoms with E-state index in [9.17, 15) is 4.79 Å². The third-order valence-electron chi connectivity index (χ3n) is 6.50. The number of carbonyl (C=O) groups excluding carboxylic acids is 1. The van der Waals surface area contributed by atoms with E-state index >= 15 is 0 Å². The fraction of sp³-hybridized carbons (Fsp3) is 0.458. The average Bonchev–Trinajstić information content (AvgIpc) is 2.79. The van der Waals surface area contributed by atoms with Crippen molar-refractivity contribution < 1.29 is 14.3 Å². The minimum atomic E-state index is -0.100. The number of ether oxygens (including phenoxy) is 2. The Morgan fingerprint density at radius 2 is 1.72 bits per heavy atom. The molecule has 5 rings (SSSR count). The molecule has 1 aliphatic carbocycles. The van der Waals surface area contributed by atoms with Crippen LogP contribution in [0.1, 0.15) is 48.0 Å². The van der Waals surface area contributed by atoms with E-state index in [1.807, 2.05) is 48.5 Å². The molecule has 1 spiro atoms. The largest absolute Gasteiger partial charge is 0.470 e. The number of carbonyl (C=O) groups is 1. The van der Waals surface area contributed by atoms with Crippen LogP contribution in [0, 0.1) is 0 Å². The molecule has 1 saturated heterocycles. The monoisotopic (exact) mass is 392 g/mol. The van der Waals surface area contributed by atoms with Crippen molar-refractivity contribution >= 4 is 11.5 Å². The number of anilines is 1. The standard InChI is InChI=1S/C24H28N2O3/c27-22(18-7-3-1-4-8-18)19-9-10-21-20(17-19)25-24(11-5-2-6-12-24)23(29-21)26-13-15-28-16-14-26/h1,3-4,7-10,17,23,25H,2,5-6,11-16H2. The van der Waals surface area contributed by atoms with Gasteiger partial charge in [-0.05, 0) is 31.0 Å². The maximum absolute atomic E-state index is 12.9. The first-order valence-electron chi connectivity index (χ1n) is 10.8. The second kappa shape index (κ2) is 7.81. The molecule has 0 aromatic heterocycles. The van der Waals surface area contributed by atoms with E-state index in [0.717, 1.165) is 50.6 Å². The van der Waals surface area contributed by atoms with Crippen LogP contribution in [0.2, 0.25) is 0 Å². The molecule has 2 heterocycles. The highest BCUT2D eigenvalue weighted by molar-refractivity contribution is 6.09. The van der Waals surface area contributed by atoms with Gasteiger partial charge in [0.1, 0.15) is 5.75 Å². The Kier molecular flexibility index (Phi) is 5.02. The molecule has 5 nitrogen and oxygen atoms in total. The summed E-state index contributed by atoms with van der Waals surface area (Å²) in [4.78, 5) is 15.3. The van der Waals surface area contributed by atoms with Crippen LogP contribution in [0.15, 0.2) is 48.5 Å². The van der Waals surface area contributed by atoms with Crippen molar-refractivity contribution in [1.82, 2.24) is 4.90 Å². The third kappa shape index (κ3) is 3.53. The molecule has 2 aromatic carbocycles. The molecule has 1 N–H and O–H groups in total. The lowest BCUT2D eigenvalue weighted by Gasteiger charge is -2.52. The molecule has 0 bridgehead atoms. The Balaban J connectivity index is 1.47. The highest BCUT2D eigenvalue weighted by Gasteiger charge is 2.48. The summed E-state index contributed by atoms with van der Waals surface area (Å²) in [5.41, 5.74) is 2.25. The van der Waals surface area contributed by atoms with E-state index in [0.29, 0.717) is 11.1 Å². The topological polar surface area (TPSA) is 50.8 Å². The van der Waals surface area contributed by atoms with Crippen molar-refractivity contribution in [3.8, 4) is 5.75 Å². The lowest BCUT2D eigenvalue weighted by atomic mass is 9.78. The van der Waals surface area contributed by atoms with Crippen LogP contribution in [0.25, 0.3) is 0 Å². The van der Waals surface area contributed by atoms with Crippen molar-refractivity contribution in [2.75, 3.05) is 31.6 Å². The molecule has 1 saturated carbocycles. The quantitative estimate of drug-likeness (QED) is 0.798. The molecule has 2 aliphatic heterocycles. The summed E-state index contributed by atoms with van der Waals surface area (Å²) in [5, 5.41) is 3.85. The number of benzene rings is 2. The van der Waals surface area contributed by atoms with Gasteiger partial charge in [0.2, 0.25) is 0 Å². The summed E-state index contributed by atoms with van der Waals surface area (Å²) in [6, 6.07) is 15.3. The molecule has 2 aromatic rings. The number of nitrogens with one attached hydrogen (secondary N) is 1. The molecular formula is C24H28N2O3. The molecule has 1 atom stereocenters. The van der Waals surface area contributed by atoms with Crippen molar-refractivity contribution in [1.29, 1.82) is 0 Å². The van der Waals surface area contributed by atoms with Gasteiger partial charge in [0.25, 0.3) is 0 Å². The lowest BCUT2D eigenvalue weighted by molar-refractivity contribution is -0.0864. The number of nitrogens with zero attached hydrogens (tertiary/aromatic N) is 1. The van der Waals surface area contributed by atoms with Crippen LogP contribution in [0.3, 0.4) is 0 Å². The van der Waals surface area contributed by atoms with Crippen LogP contribution in [0.5, 0.6) is 5.75 Å². The molecular weight excluding hydrogens is 364 g/mol. The van der Waals surface area contributed by atoms with Gasteiger partial charge in [-0.15, -0.1) is 0 Å². The summed E-state index contributed by atoms with van der Waals surface area (Å²) in [6.45, 7) is 3.31. The number of rotatable bonds is 3. The smallest absolute Gasteiger partial charge is 0.193 e. The van der Waals surface area contributed by atoms with Gasteiger partial charge in [0.05, 0.1) is 24.4 Å². The number of hydrogen-bond acceptors (Lipinski definition) is 5. The summed E-state index contributed by atoms with van der Waals surface area (Å²) in [5.74, 6) is 0.880. The second-order valence-corrected chi connectivity index (χ2v) is 8.37. The fourth-order valence-electron chi connectivity index (χ4n) is 4.98. The van der Waals surface area contributed by atoms with Gasteiger partial charge in [0.15, 0.2) is 12.0 Å². The predicted molar refractivity (Wildman–Crippen MR) is 113 cm³/mol. The van der Waals surface area contributed by atoms with Crippen molar-refractivity contribution in [2.45, 2.75) is 43.9 Å². The van der Waals surface area contributed by atoms with Crippen LogP contribution < -0.4 is 10.1 Å². The minimum Gasteiger partial charge on any atom is -0.470 e. The first-order valence-corrected chi connectivity index (χ1v) is 10.8. The summed E-state index contributed by atoms with van der Waals surface area (Å²) < 4.78 is 12.2. The molecule has 0 radical (unpaired) electrons. The van der Waals surface area contributed by atoms with Gasteiger partial charge in [-0.3, -0.25) is 9.69 Å². The van der Waals surface area contributed by atoms with Crippen molar-refractivity contribution in [3.05, 3.63) is 59.7 Å². The van der Waals surface area contributed by atoms with E-state index in [1.165, 1.54) is 19.3 Å². The SMILES string of the molecule is O=C(c1ccccc1)c1ccc2c(c1)NC1(CCCCC1)C(N1CCOCC1)O2. The first kappa shape index (κ1) is 18.6. The van der Waals surface area contributed by atoms with E-state index in [-0.39, 0.29) is 17.6 Å². The van der Waals surface area contributed by atoms with Crippen LogP contribution in [0.4, 0.5) is 5.69 Å². The van der Waals surface area contributed by atoms with Gasteiger partial charge < -0.3 is 14.8 Å². The third-order valence-corrected chi connectivity index (χ3v) is 6.50. The van der Waals surface area contributed by atoms with Gasteiger partial charge in [-0.2, -0.15) is 0 Å². The summed E-state index contributed by atoms with van der Waals surface area (Å²) >= 11 is 0. The summed E-state index contributed by atoms with van der Waals surface area (Å²) in [7, 11) is 0. The highest BCUT2D eigenvalue weighted by Crippen LogP contribution is 2.44. The average molecular weight is 392 g/mol. The molecule has 152 valence electrons. The maximum atomic E-state index is 12.9. The zero-order valence-corrected chi connectivity index (χ0v) is 16.7. The zero-order valence-electron chi connectivity index (χ0n) is 16.7. The lowest BCUT2D eigenvalue weighted by Crippen LogP contribution is -2.64. The molecule has 1 unspecified atom stereocenters. The van der Waals surface area contributed by atoms with Crippen LogP contribution in [-0.4, -0.2) is 48.8 Å². The number of morpholine rings is 1. The number of ketones is 1. The number of fused-ring (bicyclic) bond motifs is 1. The van der Waals surface area contributed by atoms with E-state index in [2.05, 4.69) is 10.2 Å². The Bertz CT molecular complexity index is 871. The molecule has 2 fully saturated rings. The number of hydrogen-bond donors (Lipinski definition) is 1. The van der Waals surface area contributed by atoms with Crippen molar-refractivity contribution in [2.24, 2.45) is 0 Å². The summed E-state index contributed by atoms with van der Waals surface area (Å²) in [6.07, 6.45) is 5.87. The van der Waals surface area contributed by atoms with Crippen molar-refractivity contribution in [3.63, 3.8) is 0 Å². The van der Waals surface area contributed by atoms with Gasteiger partial charge in [0, 0.05) is 24.2 Å². The second-order valence-electron chi connectivity index (χ2n) is 8.37. The van der Waals surface area contributed by atoms with E-state index < -0.39 is 0 Å². The Morgan fingerprint density at radius 3 is 2.48 bits per heavy atom. The van der Waals surface area contributed by atoms with E-state index in [4.69, 9.17) is 9.47 Å². The molecule has 29 heavy (non-hydrogen) atoms. The molecule has 0 amide bonds. The fourth-order valence-corrected chi connectivity index (χ4v) is 4.98. The Hall–Kier alpha value is -2.37. The minimum absolute atomic E-state index is 0.00914. The van der Waals surface area contributed by atoms with Crippen LogP contribution >= 0.6 is 0 Å². The van der Waals surface area contributed by atoms with Gasteiger partial charge >= 0.3 is 0 Å². The highest BCUT2D eigenvalue weighted by atomic mass is 16.5. The maximum Gasteiger partial charge on any atom is 0.193 e. The predicted octanol–water partition coefficient (Wildman–Crippen LogP) is 4.08. The Labute approximate surface area is 172 Å². The van der Waals surface area contributed by atoms with Crippen LogP contribution in [-0.2, 0) is 4.74 Å². The van der Waals surface area contributed by atoms with E-state index in [1.54, 1.807) is 0 Å².